The Morgan fingerprint density at radius 2 is 2.13 bits per heavy atom. The minimum atomic E-state index is -0.799. The van der Waals surface area contributed by atoms with Gasteiger partial charge >= 0.3 is 5.97 Å². The highest BCUT2D eigenvalue weighted by Gasteiger charge is 2.30. The van der Waals surface area contributed by atoms with E-state index in [2.05, 4.69) is 5.16 Å². The average Bonchev–Trinajstić information content (AvgIpc) is 2.84. The van der Waals surface area contributed by atoms with E-state index in [1.165, 1.54) is 0 Å². The summed E-state index contributed by atoms with van der Waals surface area (Å²) < 4.78 is 5.17. The summed E-state index contributed by atoms with van der Waals surface area (Å²) in [5, 5.41) is 12.8. The number of carboxylic acid groups (broad SMARTS) is 1. The molecule has 0 spiro atoms. The Bertz CT molecular complexity index is 547. The fourth-order valence-electron chi connectivity index (χ4n) is 3.35. The van der Waals surface area contributed by atoms with Gasteiger partial charge in [0.1, 0.15) is 5.76 Å². The molecule has 1 fully saturated rings. The second kappa shape index (κ2) is 7.62. The molecule has 1 N–H and O–H groups in total. The second-order valence-corrected chi connectivity index (χ2v) is 6.52. The molecule has 23 heavy (non-hydrogen) atoms. The van der Waals surface area contributed by atoms with Crippen LogP contribution in [0.5, 0.6) is 0 Å². The number of piperidine rings is 1. The van der Waals surface area contributed by atoms with Gasteiger partial charge in [-0.05, 0) is 46.0 Å². The van der Waals surface area contributed by atoms with Crippen LogP contribution in [0.1, 0.15) is 56.0 Å². The molecule has 1 aromatic rings. The summed E-state index contributed by atoms with van der Waals surface area (Å²) in [4.78, 5) is 25.5. The summed E-state index contributed by atoms with van der Waals surface area (Å²) in [7, 11) is 0. The Morgan fingerprint density at radius 1 is 1.39 bits per heavy atom. The van der Waals surface area contributed by atoms with E-state index in [0.29, 0.717) is 12.8 Å². The van der Waals surface area contributed by atoms with E-state index in [0.717, 1.165) is 42.8 Å². The van der Waals surface area contributed by atoms with Crippen molar-refractivity contribution in [3.8, 4) is 0 Å². The van der Waals surface area contributed by atoms with E-state index < -0.39 is 5.97 Å². The van der Waals surface area contributed by atoms with Gasteiger partial charge in [-0.1, -0.05) is 12.1 Å². The van der Waals surface area contributed by atoms with Gasteiger partial charge < -0.3 is 14.5 Å². The van der Waals surface area contributed by atoms with Crippen molar-refractivity contribution in [3.05, 3.63) is 17.0 Å². The fraction of sp³-hybridized carbons (Fsp3) is 0.706. The normalized spacial score (nSPS) is 19.6. The third-order valence-electron chi connectivity index (χ3n) is 4.71. The minimum Gasteiger partial charge on any atom is -0.481 e. The van der Waals surface area contributed by atoms with Crippen molar-refractivity contribution in [1.29, 1.82) is 0 Å². The number of likely N-dealkylation sites (tertiary alicyclic amines) is 1. The van der Waals surface area contributed by atoms with E-state index in [-0.39, 0.29) is 24.3 Å². The van der Waals surface area contributed by atoms with Crippen LogP contribution in [-0.4, -0.2) is 39.6 Å². The molecule has 0 radical (unpaired) electrons. The summed E-state index contributed by atoms with van der Waals surface area (Å²) in [6.07, 6.45) is 4.23. The highest BCUT2D eigenvalue weighted by Crippen LogP contribution is 2.25. The lowest BCUT2D eigenvalue weighted by atomic mass is 9.93. The molecule has 1 aromatic heterocycles. The maximum absolute atomic E-state index is 12.8. The largest absolute Gasteiger partial charge is 0.481 e. The summed E-state index contributed by atoms with van der Waals surface area (Å²) in [6, 6.07) is 0.0551. The van der Waals surface area contributed by atoms with Gasteiger partial charge in [0.2, 0.25) is 5.91 Å². The minimum absolute atomic E-state index is 0.0551. The molecule has 6 nitrogen and oxygen atoms in total. The maximum atomic E-state index is 12.8. The van der Waals surface area contributed by atoms with Crippen molar-refractivity contribution in [2.75, 3.05) is 6.54 Å². The van der Waals surface area contributed by atoms with Crippen molar-refractivity contribution in [2.24, 2.45) is 5.92 Å². The van der Waals surface area contributed by atoms with Crippen molar-refractivity contribution < 1.29 is 19.2 Å². The van der Waals surface area contributed by atoms with E-state index >= 15 is 0 Å². The number of aryl methyl sites for hydroxylation is 2. The Morgan fingerprint density at radius 3 is 2.74 bits per heavy atom. The third kappa shape index (κ3) is 4.33. The molecule has 128 valence electrons. The highest BCUT2D eigenvalue weighted by molar-refractivity contribution is 5.79. The van der Waals surface area contributed by atoms with Gasteiger partial charge in [0, 0.05) is 30.5 Å². The molecular weight excluding hydrogens is 296 g/mol. The number of carbonyl (C=O) groups is 2. The van der Waals surface area contributed by atoms with Gasteiger partial charge in [-0.3, -0.25) is 9.59 Å². The molecule has 6 heteroatoms. The molecular formula is C17H26N2O4. The van der Waals surface area contributed by atoms with Gasteiger partial charge in [-0.2, -0.15) is 0 Å². The van der Waals surface area contributed by atoms with Gasteiger partial charge in [0.15, 0.2) is 0 Å². The summed E-state index contributed by atoms with van der Waals surface area (Å²) >= 11 is 0. The van der Waals surface area contributed by atoms with Crippen LogP contribution < -0.4 is 0 Å². The van der Waals surface area contributed by atoms with E-state index in [9.17, 15) is 9.59 Å². The number of aromatic nitrogens is 1. The first-order chi connectivity index (χ1) is 10.9. The molecule has 0 aliphatic carbocycles. The number of aliphatic carboxylic acids is 1. The van der Waals surface area contributed by atoms with Crippen LogP contribution in [-0.2, 0) is 16.0 Å². The van der Waals surface area contributed by atoms with Crippen molar-refractivity contribution in [3.63, 3.8) is 0 Å². The molecule has 0 aromatic carbocycles. The SMILES string of the molecule is Cc1noc(C)c1C[C@H](C)C(=O)N1CCCC[C@@H]1CCC(=O)O. The topological polar surface area (TPSA) is 83.6 Å². The predicted octanol–water partition coefficient (Wildman–Crippen LogP) is 2.72. The molecule has 1 aliphatic heterocycles. The fourth-order valence-corrected chi connectivity index (χ4v) is 3.35. The molecule has 0 saturated carbocycles. The average molecular weight is 322 g/mol. The first-order valence-electron chi connectivity index (χ1n) is 8.34. The molecule has 0 unspecified atom stereocenters. The van der Waals surface area contributed by atoms with Crippen LogP contribution >= 0.6 is 0 Å². The summed E-state index contributed by atoms with van der Waals surface area (Å²) in [5.41, 5.74) is 1.84. The Kier molecular flexibility index (Phi) is 5.80. The van der Waals surface area contributed by atoms with Crippen molar-refractivity contribution in [1.82, 2.24) is 10.1 Å². The van der Waals surface area contributed by atoms with Gasteiger partial charge in [-0.15, -0.1) is 0 Å². The first kappa shape index (κ1) is 17.5. The van der Waals surface area contributed by atoms with Gasteiger partial charge in [-0.25, -0.2) is 0 Å². The van der Waals surface area contributed by atoms with E-state index in [4.69, 9.17) is 9.63 Å². The maximum Gasteiger partial charge on any atom is 0.303 e. The number of carbonyl (C=O) groups excluding carboxylic acids is 1. The Labute approximate surface area is 136 Å². The number of amides is 1. The van der Waals surface area contributed by atoms with Crippen LogP contribution in [0.25, 0.3) is 0 Å². The summed E-state index contributed by atoms with van der Waals surface area (Å²) in [6.45, 7) is 6.41. The predicted molar refractivity (Wildman–Crippen MR) is 85.1 cm³/mol. The lowest BCUT2D eigenvalue weighted by molar-refractivity contribution is -0.142. The Hall–Kier alpha value is -1.85. The molecule has 1 saturated heterocycles. The quantitative estimate of drug-likeness (QED) is 0.870. The standard InChI is InChI=1S/C17H26N2O4/c1-11(10-15-12(2)18-23-13(15)3)17(22)19-9-5-4-6-14(19)7-8-16(20)21/h11,14H,4-10H2,1-3H3,(H,20,21)/t11-,14+/m0/s1. The zero-order chi connectivity index (χ0) is 17.0. The van der Waals surface area contributed by atoms with Crippen molar-refractivity contribution in [2.45, 2.75) is 65.3 Å². The van der Waals surface area contributed by atoms with Gasteiger partial charge in [0.05, 0.1) is 5.69 Å². The molecule has 1 amide bonds. The van der Waals surface area contributed by atoms with Crippen LogP contribution in [0, 0.1) is 19.8 Å². The Balaban J connectivity index is 2.02. The molecule has 2 heterocycles. The monoisotopic (exact) mass is 322 g/mol. The van der Waals surface area contributed by atoms with Crippen LogP contribution in [0.3, 0.4) is 0 Å². The lowest BCUT2D eigenvalue weighted by Gasteiger charge is -2.37. The lowest BCUT2D eigenvalue weighted by Crippen LogP contribution is -2.46. The van der Waals surface area contributed by atoms with Crippen molar-refractivity contribution >= 4 is 11.9 Å². The number of nitrogens with zero attached hydrogens (tertiary/aromatic N) is 2. The van der Waals surface area contributed by atoms with Crippen LogP contribution in [0.4, 0.5) is 0 Å². The zero-order valence-electron chi connectivity index (χ0n) is 14.2. The van der Waals surface area contributed by atoms with E-state index in [1.54, 1.807) is 0 Å². The van der Waals surface area contributed by atoms with Gasteiger partial charge in [0.25, 0.3) is 0 Å². The number of rotatable bonds is 6. The smallest absolute Gasteiger partial charge is 0.303 e. The third-order valence-corrected chi connectivity index (χ3v) is 4.71. The molecule has 0 bridgehead atoms. The second-order valence-electron chi connectivity index (χ2n) is 6.52. The van der Waals surface area contributed by atoms with E-state index in [1.807, 2.05) is 25.7 Å². The highest BCUT2D eigenvalue weighted by atomic mass is 16.5. The number of hydrogen-bond donors (Lipinski definition) is 1. The number of carboxylic acids is 1. The molecule has 2 rings (SSSR count). The van der Waals surface area contributed by atoms with Crippen LogP contribution in [0.15, 0.2) is 4.52 Å². The number of hydrogen-bond acceptors (Lipinski definition) is 4. The molecule has 1 aliphatic rings. The first-order valence-corrected chi connectivity index (χ1v) is 8.34. The summed E-state index contributed by atoms with van der Waals surface area (Å²) in [5.74, 6) is -0.0766. The molecule has 2 atom stereocenters. The van der Waals surface area contributed by atoms with Crippen LogP contribution in [0.2, 0.25) is 0 Å². The zero-order valence-corrected chi connectivity index (χ0v) is 14.2.